The van der Waals surface area contributed by atoms with Gasteiger partial charge in [-0.2, -0.15) is 5.26 Å². The van der Waals surface area contributed by atoms with E-state index in [1.165, 1.54) is 13.1 Å². The standard InChI is InChI=1S/C29H29FN6O3/c1-32-29(37)39-18-23-10-9-22(14-24(23)30)26-25(21-7-5-19(15-31)6-8-21)34-28(27-33-11-13-36(26)27)38-17-20-4-3-12-35(2)16-20/h5-11,13-14,20H,3-4,12,16-18H2,1-2H3,(H,32,37)/t20-/m1/s1. The highest BCUT2D eigenvalue weighted by atomic mass is 19.1. The van der Waals surface area contributed by atoms with Crippen LogP contribution in [-0.4, -0.2) is 59.2 Å². The molecule has 1 atom stereocenters. The van der Waals surface area contributed by atoms with Gasteiger partial charge in [0.25, 0.3) is 5.88 Å². The Hall–Kier alpha value is -4.49. The Labute approximate surface area is 225 Å². The van der Waals surface area contributed by atoms with Gasteiger partial charge in [0.2, 0.25) is 5.65 Å². The summed E-state index contributed by atoms with van der Waals surface area (Å²) in [7, 11) is 3.56. The third-order valence-electron chi connectivity index (χ3n) is 6.87. The molecule has 1 aliphatic heterocycles. The minimum atomic E-state index is -0.638. The van der Waals surface area contributed by atoms with Crippen LogP contribution in [0.5, 0.6) is 5.88 Å². The fourth-order valence-corrected chi connectivity index (χ4v) is 4.87. The van der Waals surface area contributed by atoms with Crippen molar-refractivity contribution in [2.24, 2.45) is 5.92 Å². The number of hydrogen-bond donors (Lipinski definition) is 1. The first kappa shape index (κ1) is 26.1. The fraction of sp³-hybridized carbons (Fsp3) is 0.310. The average Bonchev–Trinajstić information content (AvgIpc) is 3.45. The van der Waals surface area contributed by atoms with Gasteiger partial charge in [-0.05, 0) is 44.6 Å². The first-order chi connectivity index (χ1) is 19.0. The fourth-order valence-electron chi connectivity index (χ4n) is 4.87. The second-order valence-electron chi connectivity index (χ2n) is 9.64. The molecule has 0 unspecified atom stereocenters. The number of aromatic nitrogens is 3. The largest absolute Gasteiger partial charge is 0.475 e. The van der Waals surface area contributed by atoms with Gasteiger partial charge in [-0.15, -0.1) is 0 Å². The van der Waals surface area contributed by atoms with Crippen molar-refractivity contribution in [1.82, 2.24) is 24.6 Å². The van der Waals surface area contributed by atoms with Crippen LogP contribution in [0.4, 0.5) is 9.18 Å². The maximum atomic E-state index is 15.2. The maximum absolute atomic E-state index is 15.2. The van der Waals surface area contributed by atoms with E-state index < -0.39 is 11.9 Å². The van der Waals surface area contributed by atoms with Crippen molar-refractivity contribution in [3.8, 4) is 34.5 Å². The highest BCUT2D eigenvalue weighted by molar-refractivity contribution is 5.81. The van der Waals surface area contributed by atoms with E-state index in [0.29, 0.717) is 46.6 Å². The Morgan fingerprint density at radius 3 is 2.74 bits per heavy atom. The zero-order valence-corrected chi connectivity index (χ0v) is 21.9. The SMILES string of the molecule is CNC(=O)OCc1ccc(-c2c(-c3ccc(C#N)cc3)nc(OC[C@@H]3CCCN(C)C3)c3nccn23)cc1F. The Morgan fingerprint density at radius 1 is 1.23 bits per heavy atom. The number of alkyl carbamates (subject to hydrolysis) is 1. The highest BCUT2D eigenvalue weighted by Gasteiger charge is 2.23. The monoisotopic (exact) mass is 528 g/mol. The molecule has 10 heteroatoms. The van der Waals surface area contributed by atoms with Crippen LogP contribution in [0, 0.1) is 23.1 Å². The molecule has 0 bridgehead atoms. The molecule has 1 N–H and O–H groups in total. The number of carbonyl (C=O) groups is 1. The lowest BCUT2D eigenvalue weighted by molar-refractivity contribution is 0.140. The molecule has 1 amide bonds. The molecule has 200 valence electrons. The Balaban J connectivity index is 1.57. The summed E-state index contributed by atoms with van der Waals surface area (Å²) in [6, 6.07) is 13.9. The molecule has 9 nitrogen and oxygen atoms in total. The number of amides is 1. The predicted molar refractivity (Wildman–Crippen MR) is 143 cm³/mol. The first-order valence-corrected chi connectivity index (χ1v) is 12.8. The van der Waals surface area contributed by atoms with E-state index in [-0.39, 0.29) is 12.2 Å². The molecular formula is C29H29FN6O3. The summed E-state index contributed by atoms with van der Waals surface area (Å²) in [5.74, 6) is 0.266. The van der Waals surface area contributed by atoms with Crippen LogP contribution in [0.2, 0.25) is 0 Å². The molecule has 0 spiro atoms. The molecule has 2 aromatic carbocycles. The van der Waals surface area contributed by atoms with E-state index in [0.717, 1.165) is 31.5 Å². The summed E-state index contributed by atoms with van der Waals surface area (Å²) < 4.78 is 28.3. The average molecular weight is 529 g/mol. The molecule has 0 aliphatic carbocycles. The Bertz CT molecular complexity index is 1530. The lowest BCUT2D eigenvalue weighted by Crippen LogP contribution is -2.34. The maximum Gasteiger partial charge on any atom is 0.407 e. The van der Waals surface area contributed by atoms with Gasteiger partial charge in [0, 0.05) is 48.6 Å². The summed E-state index contributed by atoms with van der Waals surface area (Å²) >= 11 is 0. The van der Waals surface area contributed by atoms with E-state index in [1.807, 2.05) is 16.5 Å². The molecule has 2 aromatic heterocycles. The number of rotatable bonds is 7. The number of nitrogens with one attached hydrogen (secondary N) is 1. The molecule has 39 heavy (non-hydrogen) atoms. The number of imidazole rings is 1. The van der Waals surface area contributed by atoms with Gasteiger partial charge in [-0.25, -0.2) is 19.2 Å². The number of halogens is 1. The summed E-state index contributed by atoms with van der Waals surface area (Å²) in [6.45, 7) is 2.36. The number of carbonyl (C=O) groups excluding carboxylic acids is 1. The minimum Gasteiger partial charge on any atom is -0.475 e. The lowest BCUT2D eigenvalue weighted by atomic mass is 10.00. The van der Waals surface area contributed by atoms with Gasteiger partial charge in [0.15, 0.2) is 0 Å². The van der Waals surface area contributed by atoms with Gasteiger partial charge < -0.3 is 19.7 Å². The zero-order chi connectivity index (χ0) is 27.4. The molecule has 1 fully saturated rings. The molecule has 3 heterocycles. The Kier molecular flexibility index (Phi) is 7.70. The number of piperidine rings is 1. The van der Waals surface area contributed by atoms with Crippen molar-refractivity contribution in [3.63, 3.8) is 0 Å². The third-order valence-corrected chi connectivity index (χ3v) is 6.87. The number of nitrogens with zero attached hydrogens (tertiary/aromatic N) is 5. The van der Waals surface area contributed by atoms with Crippen LogP contribution >= 0.6 is 0 Å². The van der Waals surface area contributed by atoms with Crippen LogP contribution in [0.25, 0.3) is 28.2 Å². The van der Waals surface area contributed by atoms with Gasteiger partial charge in [-0.3, -0.25) is 4.40 Å². The second-order valence-corrected chi connectivity index (χ2v) is 9.64. The van der Waals surface area contributed by atoms with E-state index in [9.17, 15) is 10.1 Å². The number of ether oxygens (including phenoxy) is 2. The molecular weight excluding hydrogens is 499 g/mol. The smallest absolute Gasteiger partial charge is 0.407 e. The van der Waals surface area contributed by atoms with Crippen molar-refractivity contribution in [2.75, 3.05) is 33.8 Å². The zero-order valence-electron chi connectivity index (χ0n) is 21.9. The van der Waals surface area contributed by atoms with E-state index in [1.54, 1.807) is 36.7 Å². The molecule has 1 saturated heterocycles. The van der Waals surface area contributed by atoms with Crippen molar-refractivity contribution >= 4 is 11.7 Å². The normalized spacial score (nSPS) is 15.6. The van der Waals surface area contributed by atoms with Gasteiger partial charge in [0.05, 0.1) is 29.6 Å². The lowest BCUT2D eigenvalue weighted by Gasteiger charge is -2.29. The highest BCUT2D eigenvalue weighted by Crippen LogP contribution is 2.35. The van der Waals surface area contributed by atoms with Crippen LogP contribution in [-0.2, 0) is 11.3 Å². The molecule has 4 aromatic rings. The predicted octanol–water partition coefficient (Wildman–Crippen LogP) is 4.65. The summed E-state index contributed by atoms with van der Waals surface area (Å²) in [5.41, 5.74) is 3.78. The van der Waals surface area contributed by atoms with E-state index >= 15 is 4.39 Å². The first-order valence-electron chi connectivity index (χ1n) is 12.8. The van der Waals surface area contributed by atoms with Crippen LogP contribution in [0.15, 0.2) is 54.9 Å². The summed E-state index contributed by atoms with van der Waals surface area (Å²) in [6.07, 6.45) is 5.03. The van der Waals surface area contributed by atoms with Gasteiger partial charge in [-0.1, -0.05) is 24.3 Å². The number of fused-ring (bicyclic) bond motifs is 1. The molecule has 0 saturated carbocycles. The topological polar surface area (TPSA) is 105 Å². The number of hydrogen-bond acceptors (Lipinski definition) is 7. The third kappa shape index (κ3) is 5.68. The van der Waals surface area contributed by atoms with Crippen LogP contribution < -0.4 is 10.1 Å². The van der Waals surface area contributed by atoms with Gasteiger partial charge >= 0.3 is 6.09 Å². The second kappa shape index (κ2) is 11.5. The van der Waals surface area contributed by atoms with E-state index in [2.05, 4.69) is 28.3 Å². The summed E-state index contributed by atoms with van der Waals surface area (Å²) in [5, 5.41) is 11.6. The Morgan fingerprint density at radius 2 is 2.03 bits per heavy atom. The number of nitriles is 1. The van der Waals surface area contributed by atoms with Crippen LogP contribution in [0.3, 0.4) is 0 Å². The molecule has 5 rings (SSSR count). The van der Waals surface area contributed by atoms with Crippen molar-refractivity contribution in [3.05, 3.63) is 71.8 Å². The number of benzene rings is 2. The van der Waals surface area contributed by atoms with Crippen molar-refractivity contribution in [1.29, 1.82) is 5.26 Å². The minimum absolute atomic E-state index is 0.198. The van der Waals surface area contributed by atoms with Crippen LogP contribution in [0.1, 0.15) is 24.0 Å². The molecule has 1 aliphatic rings. The number of likely N-dealkylation sites (tertiary alicyclic amines) is 1. The van der Waals surface area contributed by atoms with Crippen molar-refractivity contribution < 1.29 is 18.7 Å². The van der Waals surface area contributed by atoms with Gasteiger partial charge in [0.1, 0.15) is 12.4 Å². The molecule has 0 radical (unpaired) electrons. The van der Waals surface area contributed by atoms with Crippen molar-refractivity contribution in [2.45, 2.75) is 19.4 Å². The summed E-state index contributed by atoms with van der Waals surface area (Å²) in [4.78, 5) is 23.2. The van der Waals surface area contributed by atoms with E-state index in [4.69, 9.17) is 14.5 Å². The quantitative estimate of drug-likeness (QED) is 0.372.